The molecule has 0 amide bonds. The van der Waals surface area contributed by atoms with E-state index >= 15 is 0 Å². The number of rotatable bonds is 4. The van der Waals surface area contributed by atoms with Crippen molar-refractivity contribution in [2.75, 3.05) is 0 Å². The zero-order valence-corrected chi connectivity index (χ0v) is 11.0. The molecule has 0 aliphatic heterocycles. The Balaban J connectivity index is 2.49. The van der Waals surface area contributed by atoms with Gasteiger partial charge < -0.3 is 4.74 Å². The summed E-state index contributed by atoms with van der Waals surface area (Å²) in [6.07, 6.45) is -4.70. The summed E-state index contributed by atoms with van der Waals surface area (Å²) >= 11 is 0. The average molecular weight is 280 g/mol. The number of halogens is 3. The van der Waals surface area contributed by atoms with Crippen LogP contribution in [0.5, 0.6) is 5.75 Å². The van der Waals surface area contributed by atoms with Crippen molar-refractivity contribution in [3.05, 3.63) is 66.2 Å². The Labute approximate surface area is 116 Å². The van der Waals surface area contributed by atoms with E-state index in [1.165, 1.54) is 31.2 Å². The quantitative estimate of drug-likeness (QED) is 0.771. The molecule has 2 aromatic rings. The summed E-state index contributed by atoms with van der Waals surface area (Å²) in [5.74, 6) is 0.204. The molecule has 0 radical (unpaired) electrons. The number of ether oxygens (including phenoxy) is 1. The second-order valence-corrected chi connectivity index (χ2v) is 4.46. The van der Waals surface area contributed by atoms with Crippen molar-refractivity contribution in [2.24, 2.45) is 0 Å². The van der Waals surface area contributed by atoms with Gasteiger partial charge in [-0.2, -0.15) is 13.2 Å². The fraction of sp³-hybridized carbons (Fsp3) is 0.250. The van der Waals surface area contributed by atoms with Crippen molar-refractivity contribution in [1.82, 2.24) is 0 Å². The highest BCUT2D eigenvalue weighted by Gasteiger charge is 2.57. The Morgan fingerprint density at radius 1 is 0.850 bits per heavy atom. The third kappa shape index (κ3) is 2.64. The van der Waals surface area contributed by atoms with Gasteiger partial charge in [0.1, 0.15) is 5.75 Å². The normalized spacial score (nSPS) is 14.6. The maximum atomic E-state index is 13.6. The summed E-state index contributed by atoms with van der Waals surface area (Å²) in [5, 5.41) is 0. The Morgan fingerprint density at radius 2 is 1.35 bits per heavy atom. The van der Waals surface area contributed by atoms with Crippen LogP contribution in [0, 0.1) is 0 Å². The van der Waals surface area contributed by atoms with E-state index in [0.29, 0.717) is 0 Å². The summed E-state index contributed by atoms with van der Waals surface area (Å²) in [5.41, 5.74) is -2.21. The molecule has 0 spiro atoms. The molecule has 0 saturated carbocycles. The largest absolute Gasteiger partial charge is 0.473 e. The second kappa shape index (κ2) is 5.57. The van der Waals surface area contributed by atoms with Gasteiger partial charge in [0.2, 0.25) is 5.60 Å². The van der Waals surface area contributed by atoms with Crippen molar-refractivity contribution in [3.8, 4) is 5.75 Å². The lowest BCUT2D eigenvalue weighted by molar-refractivity contribution is -0.256. The number of benzene rings is 2. The first kappa shape index (κ1) is 14.4. The molecule has 0 aliphatic rings. The first-order chi connectivity index (χ1) is 9.49. The zero-order valence-electron chi connectivity index (χ0n) is 11.0. The van der Waals surface area contributed by atoms with Gasteiger partial charge in [0.15, 0.2) is 0 Å². The van der Waals surface area contributed by atoms with Crippen LogP contribution in [0.15, 0.2) is 60.7 Å². The summed E-state index contributed by atoms with van der Waals surface area (Å²) in [4.78, 5) is 0. The molecule has 4 heteroatoms. The topological polar surface area (TPSA) is 9.23 Å². The maximum absolute atomic E-state index is 13.6. The molecule has 0 heterocycles. The van der Waals surface area contributed by atoms with E-state index in [0.717, 1.165) is 0 Å². The van der Waals surface area contributed by atoms with Gasteiger partial charge in [-0.1, -0.05) is 55.5 Å². The molecule has 1 nitrogen and oxygen atoms in total. The van der Waals surface area contributed by atoms with E-state index in [1.807, 2.05) is 0 Å². The average Bonchev–Trinajstić information content (AvgIpc) is 2.45. The maximum Gasteiger partial charge on any atom is 0.432 e. The standard InChI is InChI=1S/C16H15F3O/c1-2-15(16(17,18)19,13-9-5-3-6-10-13)20-14-11-7-4-8-12-14/h3-12H,2H2,1H3. The van der Waals surface area contributed by atoms with Crippen LogP contribution in [-0.4, -0.2) is 6.18 Å². The van der Waals surface area contributed by atoms with E-state index in [9.17, 15) is 13.2 Å². The molecule has 2 aromatic carbocycles. The molecule has 0 aromatic heterocycles. The van der Waals surface area contributed by atoms with E-state index in [1.54, 1.807) is 36.4 Å². The van der Waals surface area contributed by atoms with Gasteiger partial charge in [0.25, 0.3) is 0 Å². The zero-order chi connectivity index (χ0) is 14.6. The van der Waals surface area contributed by atoms with E-state index < -0.39 is 11.8 Å². The number of para-hydroxylation sites is 1. The van der Waals surface area contributed by atoms with Gasteiger partial charge in [0.05, 0.1) is 0 Å². The molecule has 0 bridgehead atoms. The van der Waals surface area contributed by atoms with Crippen molar-refractivity contribution < 1.29 is 17.9 Å². The predicted octanol–water partition coefficient (Wildman–Crippen LogP) is 4.93. The second-order valence-electron chi connectivity index (χ2n) is 4.46. The fourth-order valence-corrected chi connectivity index (χ4v) is 2.15. The highest BCUT2D eigenvalue weighted by molar-refractivity contribution is 5.29. The van der Waals surface area contributed by atoms with E-state index in [2.05, 4.69) is 0 Å². The lowest BCUT2D eigenvalue weighted by atomic mass is 9.90. The SMILES string of the molecule is CCC(Oc1ccccc1)(c1ccccc1)C(F)(F)F. The van der Waals surface area contributed by atoms with Crippen LogP contribution in [-0.2, 0) is 5.60 Å². The molecule has 1 atom stereocenters. The van der Waals surface area contributed by atoms with Gasteiger partial charge in [-0.25, -0.2) is 0 Å². The van der Waals surface area contributed by atoms with Gasteiger partial charge in [-0.3, -0.25) is 0 Å². The van der Waals surface area contributed by atoms with E-state index in [-0.39, 0.29) is 17.7 Å². The highest BCUT2D eigenvalue weighted by atomic mass is 19.4. The summed E-state index contributed by atoms with van der Waals surface area (Å²) in [6.45, 7) is 1.48. The summed E-state index contributed by atoms with van der Waals surface area (Å²) < 4.78 is 46.2. The summed E-state index contributed by atoms with van der Waals surface area (Å²) in [7, 11) is 0. The van der Waals surface area contributed by atoms with Crippen LogP contribution >= 0.6 is 0 Å². The Morgan fingerprint density at radius 3 is 1.80 bits per heavy atom. The first-order valence-electron chi connectivity index (χ1n) is 6.36. The molecule has 0 aliphatic carbocycles. The minimum Gasteiger partial charge on any atom is -0.473 e. The van der Waals surface area contributed by atoms with Crippen LogP contribution in [0.2, 0.25) is 0 Å². The van der Waals surface area contributed by atoms with Crippen molar-refractivity contribution in [1.29, 1.82) is 0 Å². The van der Waals surface area contributed by atoms with Gasteiger partial charge >= 0.3 is 6.18 Å². The number of alkyl halides is 3. The van der Waals surface area contributed by atoms with Crippen LogP contribution in [0.25, 0.3) is 0 Å². The third-order valence-corrected chi connectivity index (χ3v) is 3.23. The lowest BCUT2D eigenvalue weighted by Gasteiger charge is -2.35. The first-order valence-corrected chi connectivity index (χ1v) is 6.36. The van der Waals surface area contributed by atoms with Gasteiger partial charge in [0, 0.05) is 5.56 Å². The van der Waals surface area contributed by atoms with Crippen molar-refractivity contribution in [3.63, 3.8) is 0 Å². The predicted molar refractivity (Wildman–Crippen MR) is 71.5 cm³/mol. The minimum atomic E-state index is -4.50. The molecule has 2 rings (SSSR count). The number of hydrogen-bond donors (Lipinski definition) is 0. The van der Waals surface area contributed by atoms with Crippen molar-refractivity contribution >= 4 is 0 Å². The monoisotopic (exact) mass is 280 g/mol. The van der Waals surface area contributed by atoms with Gasteiger partial charge in [-0.05, 0) is 18.6 Å². The van der Waals surface area contributed by atoms with Crippen LogP contribution < -0.4 is 4.74 Å². The summed E-state index contributed by atoms with van der Waals surface area (Å²) in [6, 6.07) is 15.8. The minimum absolute atomic E-state index is 0.110. The highest BCUT2D eigenvalue weighted by Crippen LogP contribution is 2.45. The number of hydrogen-bond acceptors (Lipinski definition) is 1. The molecule has 0 N–H and O–H groups in total. The Hall–Kier alpha value is -1.97. The molecule has 1 unspecified atom stereocenters. The molecule has 106 valence electrons. The molecular formula is C16H15F3O. The van der Waals surface area contributed by atoms with Crippen LogP contribution in [0.3, 0.4) is 0 Å². The third-order valence-electron chi connectivity index (χ3n) is 3.23. The Kier molecular flexibility index (Phi) is 4.02. The van der Waals surface area contributed by atoms with Crippen LogP contribution in [0.4, 0.5) is 13.2 Å². The van der Waals surface area contributed by atoms with Gasteiger partial charge in [-0.15, -0.1) is 0 Å². The van der Waals surface area contributed by atoms with E-state index in [4.69, 9.17) is 4.74 Å². The molecule has 20 heavy (non-hydrogen) atoms. The smallest absolute Gasteiger partial charge is 0.432 e. The van der Waals surface area contributed by atoms with Crippen molar-refractivity contribution in [2.45, 2.75) is 25.1 Å². The molecule has 0 fully saturated rings. The fourth-order valence-electron chi connectivity index (χ4n) is 2.15. The Bertz CT molecular complexity index is 537. The van der Waals surface area contributed by atoms with Crippen LogP contribution in [0.1, 0.15) is 18.9 Å². The lowest BCUT2D eigenvalue weighted by Crippen LogP contribution is -2.47. The molecular weight excluding hydrogens is 265 g/mol. The molecule has 0 saturated heterocycles.